The van der Waals surface area contributed by atoms with Crippen molar-refractivity contribution in [3.8, 4) is 0 Å². The Morgan fingerprint density at radius 2 is 1.64 bits per heavy atom. The molecule has 5 nitrogen and oxygen atoms in total. The summed E-state index contributed by atoms with van der Waals surface area (Å²) in [6.07, 6.45) is 1.06. The summed E-state index contributed by atoms with van der Waals surface area (Å²) < 4.78 is 63.7. The summed E-state index contributed by atoms with van der Waals surface area (Å²) in [6, 6.07) is 0. The van der Waals surface area contributed by atoms with E-state index in [4.69, 9.17) is 9.29 Å². The minimum Gasteiger partial charge on any atom is -0.462 e. The zero-order chi connectivity index (χ0) is 21.7. The number of halogens is 2. The van der Waals surface area contributed by atoms with E-state index in [-0.39, 0.29) is 40.7 Å². The van der Waals surface area contributed by atoms with E-state index in [9.17, 15) is 22.0 Å². The number of esters is 1. The molecule has 0 heterocycles. The smallest absolute Gasteiger partial charge is 0.370 e. The standard InChI is InChI=1S/C20H34F2O5S/c1-18(2,3)11-15(19(4,5)6)17(23)27-16-9-12-7-13(16)8-14(12)10-20(21,22)28(24,25)26/h12-16H,7-11H2,1-6H3,(H,24,25,26). The van der Waals surface area contributed by atoms with E-state index in [0.29, 0.717) is 25.7 Å². The molecule has 164 valence electrons. The lowest BCUT2D eigenvalue weighted by Crippen LogP contribution is -2.38. The second-order valence-electron chi connectivity index (χ2n) is 11.0. The maximum atomic E-state index is 13.7. The van der Waals surface area contributed by atoms with Gasteiger partial charge in [-0.1, -0.05) is 41.5 Å². The molecular weight excluding hydrogens is 390 g/mol. The van der Waals surface area contributed by atoms with Gasteiger partial charge in [-0.3, -0.25) is 9.35 Å². The summed E-state index contributed by atoms with van der Waals surface area (Å²) in [7, 11) is -5.40. The first-order valence-corrected chi connectivity index (χ1v) is 11.4. The molecule has 2 aliphatic rings. The molecule has 0 aromatic carbocycles. The molecule has 2 saturated carbocycles. The van der Waals surface area contributed by atoms with Gasteiger partial charge in [0.25, 0.3) is 0 Å². The average Bonchev–Trinajstić information content (AvgIpc) is 3.00. The van der Waals surface area contributed by atoms with Crippen molar-refractivity contribution in [1.29, 1.82) is 0 Å². The van der Waals surface area contributed by atoms with Crippen molar-refractivity contribution in [2.45, 2.75) is 85.0 Å². The molecule has 0 aliphatic heterocycles. The molecule has 0 saturated heterocycles. The fraction of sp³-hybridized carbons (Fsp3) is 0.950. The highest BCUT2D eigenvalue weighted by Gasteiger charge is 2.54. The second kappa shape index (κ2) is 7.49. The van der Waals surface area contributed by atoms with Gasteiger partial charge in [0, 0.05) is 6.42 Å². The van der Waals surface area contributed by atoms with E-state index in [1.165, 1.54) is 0 Å². The summed E-state index contributed by atoms with van der Waals surface area (Å²) >= 11 is 0. The third-order valence-electron chi connectivity index (χ3n) is 6.23. The Morgan fingerprint density at radius 1 is 1.07 bits per heavy atom. The number of carbonyl (C=O) groups excluding carboxylic acids is 1. The van der Waals surface area contributed by atoms with Crippen LogP contribution in [0.5, 0.6) is 0 Å². The van der Waals surface area contributed by atoms with Crippen molar-refractivity contribution in [1.82, 2.24) is 0 Å². The Kier molecular flexibility index (Phi) is 6.29. The molecule has 0 aromatic rings. The molecule has 2 fully saturated rings. The number of hydrogen-bond donors (Lipinski definition) is 1. The third-order valence-corrected chi connectivity index (χ3v) is 7.15. The van der Waals surface area contributed by atoms with Gasteiger partial charge in [-0.05, 0) is 54.3 Å². The van der Waals surface area contributed by atoms with Gasteiger partial charge in [-0.15, -0.1) is 0 Å². The van der Waals surface area contributed by atoms with Crippen LogP contribution in [0.2, 0.25) is 0 Å². The van der Waals surface area contributed by atoms with Crippen LogP contribution in [-0.2, 0) is 19.6 Å². The molecule has 0 radical (unpaired) electrons. The van der Waals surface area contributed by atoms with Crippen molar-refractivity contribution >= 4 is 16.1 Å². The van der Waals surface area contributed by atoms with Crippen LogP contribution in [0.3, 0.4) is 0 Å². The Bertz CT molecular complexity index is 690. The molecule has 0 spiro atoms. The van der Waals surface area contributed by atoms with E-state index < -0.39 is 27.7 Å². The van der Waals surface area contributed by atoms with Gasteiger partial charge in [-0.2, -0.15) is 17.2 Å². The number of carbonyl (C=O) groups is 1. The van der Waals surface area contributed by atoms with Crippen molar-refractivity contribution in [3.05, 3.63) is 0 Å². The van der Waals surface area contributed by atoms with Crippen LogP contribution < -0.4 is 0 Å². The van der Waals surface area contributed by atoms with Crippen LogP contribution in [0.25, 0.3) is 0 Å². The SMILES string of the molecule is CC(C)(C)CC(C(=O)OC1CC2CC1CC2CC(F)(F)S(=O)(=O)O)C(C)(C)C. The molecule has 0 aromatic heterocycles. The zero-order valence-corrected chi connectivity index (χ0v) is 18.5. The summed E-state index contributed by atoms with van der Waals surface area (Å²) in [5.41, 5.74) is -0.278. The lowest BCUT2D eigenvalue weighted by Gasteiger charge is -2.36. The molecule has 8 heteroatoms. The molecular formula is C20H34F2O5S. The molecule has 0 amide bonds. The first-order chi connectivity index (χ1) is 12.4. The van der Waals surface area contributed by atoms with Crippen LogP contribution in [0.1, 0.15) is 73.6 Å². The largest absolute Gasteiger partial charge is 0.462 e. The average molecular weight is 425 g/mol. The summed E-state index contributed by atoms with van der Waals surface area (Å²) in [4.78, 5) is 12.9. The van der Waals surface area contributed by atoms with Crippen LogP contribution in [0.4, 0.5) is 8.78 Å². The number of alkyl halides is 2. The minimum atomic E-state index is -5.40. The number of hydrogen-bond acceptors (Lipinski definition) is 4. The topological polar surface area (TPSA) is 80.7 Å². The first kappa shape index (κ1) is 23.5. The number of fused-ring (bicyclic) bond motifs is 2. The zero-order valence-electron chi connectivity index (χ0n) is 17.7. The van der Waals surface area contributed by atoms with Gasteiger partial charge in [-0.25, -0.2) is 0 Å². The molecule has 2 bridgehead atoms. The van der Waals surface area contributed by atoms with E-state index in [1.807, 2.05) is 20.8 Å². The van der Waals surface area contributed by atoms with Crippen molar-refractivity contribution < 1.29 is 31.3 Å². The van der Waals surface area contributed by atoms with Crippen LogP contribution in [0.15, 0.2) is 0 Å². The Morgan fingerprint density at radius 3 is 2.04 bits per heavy atom. The highest BCUT2D eigenvalue weighted by atomic mass is 32.2. The molecule has 28 heavy (non-hydrogen) atoms. The predicted molar refractivity (Wildman–Crippen MR) is 102 cm³/mol. The van der Waals surface area contributed by atoms with E-state index in [1.54, 1.807) is 0 Å². The Hall–Kier alpha value is -0.760. The second-order valence-corrected chi connectivity index (χ2v) is 12.5. The molecule has 2 rings (SSSR count). The molecule has 5 unspecified atom stereocenters. The predicted octanol–water partition coefficient (Wildman–Crippen LogP) is 4.91. The Balaban J connectivity index is 1.99. The van der Waals surface area contributed by atoms with Gasteiger partial charge in [0.1, 0.15) is 6.10 Å². The van der Waals surface area contributed by atoms with Gasteiger partial charge in [0.05, 0.1) is 5.92 Å². The summed E-state index contributed by atoms with van der Waals surface area (Å²) in [5.74, 6) is -1.10. The lowest BCUT2D eigenvalue weighted by atomic mass is 9.72. The van der Waals surface area contributed by atoms with E-state index in [0.717, 1.165) is 0 Å². The van der Waals surface area contributed by atoms with Gasteiger partial charge < -0.3 is 4.74 Å². The normalized spacial score (nSPS) is 29.8. The number of ether oxygens (including phenoxy) is 1. The number of rotatable bonds is 6. The van der Waals surface area contributed by atoms with Crippen LogP contribution >= 0.6 is 0 Å². The Labute approximate surface area is 167 Å². The maximum Gasteiger partial charge on any atom is 0.370 e. The fourth-order valence-corrected chi connectivity index (χ4v) is 5.16. The van der Waals surface area contributed by atoms with Crippen molar-refractivity contribution in [2.24, 2.45) is 34.5 Å². The summed E-state index contributed by atoms with van der Waals surface area (Å²) in [5, 5.41) is -4.13. The molecule has 1 N–H and O–H groups in total. The quantitative estimate of drug-likeness (QED) is 0.484. The first-order valence-electron chi connectivity index (χ1n) is 9.96. The minimum absolute atomic E-state index is 0.0218. The summed E-state index contributed by atoms with van der Waals surface area (Å²) in [6.45, 7) is 12.3. The van der Waals surface area contributed by atoms with Gasteiger partial charge in [0.15, 0.2) is 0 Å². The molecule has 5 atom stereocenters. The van der Waals surface area contributed by atoms with Crippen molar-refractivity contribution in [3.63, 3.8) is 0 Å². The highest BCUT2D eigenvalue weighted by molar-refractivity contribution is 7.86. The molecule has 2 aliphatic carbocycles. The van der Waals surface area contributed by atoms with E-state index >= 15 is 0 Å². The van der Waals surface area contributed by atoms with Crippen molar-refractivity contribution in [2.75, 3.05) is 0 Å². The highest BCUT2D eigenvalue weighted by Crippen LogP contribution is 2.53. The fourth-order valence-electron chi connectivity index (χ4n) is 4.73. The van der Waals surface area contributed by atoms with Crippen LogP contribution in [0, 0.1) is 34.5 Å². The monoisotopic (exact) mass is 424 g/mol. The van der Waals surface area contributed by atoms with E-state index in [2.05, 4.69) is 20.8 Å². The van der Waals surface area contributed by atoms with Gasteiger partial charge in [0.2, 0.25) is 0 Å². The maximum absolute atomic E-state index is 13.7. The third kappa shape index (κ3) is 5.43. The van der Waals surface area contributed by atoms with Gasteiger partial charge >= 0.3 is 21.3 Å². The lowest BCUT2D eigenvalue weighted by molar-refractivity contribution is -0.162. The van der Waals surface area contributed by atoms with Crippen LogP contribution in [-0.4, -0.2) is 30.3 Å².